The van der Waals surface area contributed by atoms with Gasteiger partial charge in [-0.3, -0.25) is 0 Å². The van der Waals surface area contributed by atoms with Gasteiger partial charge in [0.2, 0.25) is 0 Å². The summed E-state index contributed by atoms with van der Waals surface area (Å²) in [5.41, 5.74) is 18.3. The summed E-state index contributed by atoms with van der Waals surface area (Å²) in [7, 11) is 0. The van der Waals surface area contributed by atoms with Crippen molar-refractivity contribution in [3.8, 4) is 22.3 Å². The van der Waals surface area contributed by atoms with Crippen molar-refractivity contribution in [3.63, 3.8) is 0 Å². The van der Waals surface area contributed by atoms with Crippen LogP contribution < -0.4 is 4.90 Å². The minimum Gasteiger partial charge on any atom is -0.311 e. The monoisotopic (exact) mass is 797 g/mol. The van der Waals surface area contributed by atoms with Crippen LogP contribution in [0.25, 0.3) is 65.7 Å². The quantitative estimate of drug-likeness (QED) is 0.145. The van der Waals surface area contributed by atoms with Gasteiger partial charge in [-0.05, 0) is 193 Å². The van der Waals surface area contributed by atoms with Gasteiger partial charge in [0.05, 0.1) is 0 Å². The summed E-state index contributed by atoms with van der Waals surface area (Å²) in [6.07, 6.45) is 10.4. The van der Waals surface area contributed by atoms with Crippen molar-refractivity contribution in [1.29, 1.82) is 0 Å². The first-order valence-corrected chi connectivity index (χ1v) is 22.7. The van der Waals surface area contributed by atoms with E-state index in [9.17, 15) is 0 Å². The number of benzene rings is 9. The van der Waals surface area contributed by atoms with Crippen LogP contribution >= 0.6 is 0 Å². The molecule has 1 heteroatoms. The van der Waals surface area contributed by atoms with Crippen molar-refractivity contribution in [2.24, 2.45) is 0 Å². The molecule has 0 radical (unpaired) electrons. The summed E-state index contributed by atoms with van der Waals surface area (Å²) in [6, 6.07) is 69.7. The van der Waals surface area contributed by atoms with E-state index in [0.29, 0.717) is 0 Å². The summed E-state index contributed by atoms with van der Waals surface area (Å²) in [5.74, 6) is 0. The Hall–Kier alpha value is -6.96. The van der Waals surface area contributed by atoms with Crippen LogP contribution in [0.1, 0.15) is 68.9 Å². The highest BCUT2D eigenvalue weighted by Gasteiger charge is 2.25. The molecule has 9 aromatic rings. The molecule has 300 valence electrons. The smallest absolute Gasteiger partial charge is 0.0462 e. The van der Waals surface area contributed by atoms with Crippen LogP contribution in [0.2, 0.25) is 0 Å². The van der Waals surface area contributed by atoms with Crippen molar-refractivity contribution < 1.29 is 0 Å². The zero-order valence-corrected chi connectivity index (χ0v) is 35.4. The van der Waals surface area contributed by atoms with Gasteiger partial charge in [-0.15, -0.1) is 0 Å². The molecule has 62 heavy (non-hydrogen) atoms. The highest BCUT2D eigenvalue weighted by atomic mass is 15.1. The average molecular weight is 798 g/mol. The van der Waals surface area contributed by atoms with Crippen molar-refractivity contribution in [1.82, 2.24) is 0 Å². The number of hydrogen-bond acceptors (Lipinski definition) is 1. The first-order valence-electron chi connectivity index (χ1n) is 22.7. The van der Waals surface area contributed by atoms with E-state index in [1.165, 1.54) is 115 Å². The molecule has 0 spiro atoms. The zero-order chi connectivity index (χ0) is 41.4. The largest absolute Gasteiger partial charge is 0.311 e. The topological polar surface area (TPSA) is 3.24 Å². The van der Waals surface area contributed by atoms with Gasteiger partial charge in [0, 0.05) is 17.1 Å². The third kappa shape index (κ3) is 7.12. The fourth-order valence-electron chi connectivity index (χ4n) is 10.5. The Morgan fingerprint density at radius 3 is 1.27 bits per heavy atom. The molecule has 11 rings (SSSR count). The molecule has 0 atom stereocenters. The second kappa shape index (κ2) is 16.5. The van der Waals surface area contributed by atoms with Crippen LogP contribution in [-0.4, -0.2) is 0 Å². The Balaban J connectivity index is 1.02. The van der Waals surface area contributed by atoms with Crippen LogP contribution in [0.15, 0.2) is 211 Å². The Morgan fingerprint density at radius 2 is 0.726 bits per heavy atom. The lowest BCUT2D eigenvalue weighted by atomic mass is 9.76. The molecule has 0 aliphatic heterocycles. The number of hydrogen-bond donors (Lipinski definition) is 0. The van der Waals surface area contributed by atoms with E-state index in [2.05, 4.69) is 193 Å². The van der Waals surface area contributed by atoms with Crippen molar-refractivity contribution in [3.05, 3.63) is 222 Å². The third-order valence-corrected chi connectivity index (χ3v) is 13.6. The molecule has 2 aliphatic carbocycles. The Bertz CT molecular complexity index is 2970. The van der Waals surface area contributed by atoms with Gasteiger partial charge in [-0.1, -0.05) is 153 Å². The second-order valence-corrected chi connectivity index (χ2v) is 17.4. The van der Waals surface area contributed by atoms with Crippen LogP contribution in [0.4, 0.5) is 17.1 Å². The Morgan fingerprint density at radius 1 is 0.306 bits per heavy atom. The molecule has 1 nitrogen and oxygen atoms in total. The van der Waals surface area contributed by atoms with Crippen molar-refractivity contribution >= 4 is 60.5 Å². The lowest BCUT2D eigenvalue weighted by molar-refractivity contribution is 0.662. The highest BCUT2D eigenvalue weighted by Crippen LogP contribution is 2.47. The van der Waals surface area contributed by atoms with Gasteiger partial charge in [0.1, 0.15) is 0 Å². The van der Waals surface area contributed by atoms with E-state index in [4.69, 9.17) is 6.58 Å². The highest BCUT2D eigenvalue weighted by molar-refractivity contribution is 6.23. The third-order valence-electron chi connectivity index (χ3n) is 13.6. The summed E-state index contributed by atoms with van der Waals surface area (Å²) >= 11 is 0. The van der Waals surface area contributed by atoms with E-state index in [-0.39, 0.29) is 0 Å². The number of allylic oxidation sites excluding steroid dienone is 5. The molecule has 0 unspecified atom stereocenters. The summed E-state index contributed by atoms with van der Waals surface area (Å²) in [4.78, 5) is 2.39. The summed E-state index contributed by atoms with van der Waals surface area (Å²) in [5, 5.41) is 8.14. The van der Waals surface area contributed by atoms with E-state index in [1.807, 2.05) is 0 Å². The van der Waals surface area contributed by atoms with Crippen molar-refractivity contribution in [2.45, 2.75) is 57.8 Å². The van der Waals surface area contributed by atoms with Crippen LogP contribution in [0, 0.1) is 0 Å². The van der Waals surface area contributed by atoms with Crippen molar-refractivity contribution in [2.75, 3.05) is 4.90 Å². The van der Waals surface area contributed by atoms with Gasteiger partial charge >= 0.3 is 0 Å². The molecule has 0 bridgehead atoms. The lowest BCUT2D eigenvalue weighted by Crippen LogP contribution is -2.10. The minimum absolute atomic E-state index is 1.04. The standard InChI is InChI=1S/C61H51N/c1-42-14-5-2-10-21-56(52-40-50-26-24-47-19-13-20-48-25-27-51(41-52)61(50)60(47)48)57-22-11-12-23-58(57)59(42)49-32-38-55(39-33-49)62(53-34-28-45(29-35-53)43-15-6-3-7-16-43)54-36-30-46(31-37-54)44-17-8-4-9-18-44/h3-4,6-9,13,15-20,24-41H,1-2,5,10-12,14,21-23H2/b57-56+,59-58+. The molecule has 9 aromatic carbocycles. The molecule has 0 aromatic heterocycles. The van der Waals surface area contributed by atoms with Gasteiger partial charge < -0.3 is 4.90 Å². The van der Waals surface area contributed by atoms with Gasteiger partial charge in [-0.2, -0.15) is 0 Å². The minimum atomic E-state index is 1.04. The Labute approximate surface area is 366 Å². The predicted molar refractivity (Wildman–Crippen MR) is 267 cm³/mol. The first-order chi connectivity index (χ1) is 30.7. The molecule has 0 saturated heterocycles. The molecular formula is C61H51N. The maximum Gasteiger partial charge on any atom is 0.0462 e. The normalized spacial score (nSPS) is 17.4. The number of fused-ring (bicyclic) bond motifs is 1. The zero-order valence-electron chi connectivity index (χ0n) is 35.4. The van der Waals surface area contributed by atoms with Crippen LogP contribution in [0.5, 0.6) is 0 Å². The fraction of sp³-hybridized carbons (Fsp3) is 0.148. The lowest BCUT2D eigenvalue weighted by Gasteiger charge is -2.29. The fourth-order valence-corrected chi connectivity index (χ4v) is 10.5. The molecular weight excluding hydrogens is 747 g/mol. The molecule has 2 aliphatic rings. The van der Waals surface area contributed by atoms with Gasteiger partial charge in [0.25, 0.3) is 0 Å². The van der Waals surface area contributed by atoms with Gasteiger partial charge in [-0.25, -0.2) is 0 Å². The maximum absolute atomic E-state index is 4.86. The molecule has 0 N–H and O–H groups in total. The molecule has 1 saturated carbocycles. The second-order valence-electron chi connectivity index (χ2n) is 17.4. The van der Waals surface area contributed by atoms with Crippen LogP contribution in [-0.2, 0) is 0 Å². The predicted octanol–water partition coefficient (Wildman–Crippen LogP) is 17.7. The van der Waals surface area contributed by atoms with E-state index < -0.39 is 0 Å². The van der Waals surface area contributed by atoms with E-state index in [0.717, 1.165) is 42.7 Å². The molecule has 0 heterocycles. The average Bonchev–Trinajstić information content (AvgIpc) is 3.34. The molecule has 1 fully saturated rings. The van der Waals surface area contributed by atoms with Crippen LogP contribution in [0.3, 0.4) is 0 Å². The number of rotatable bonds is 7. The van der Waals surface area contributed by atoms with E-state index >= 15 is 0 Å². The maximum atomic E-state index is 4.86. The number of anilines is 3. The summed E-state index contributed by atoms with van der Waals surface area (Å²) < 4.78 is 0. The first kappa shape index (κ1) is 38.0. The Kier molecular flexibility index (Phi) is 10.1. The number of nitrogens with zero attached hydrogens (tertiary/aromatic N) is 1. The molecule has 0 amide bonds. The SMILES string of the molecule is C=C1CCCCC/C(c2cc3ccc4cccc5ccc(c2)c3c45)=C2/CCCC/C2=C/1c1ccc(N(c2ccc(-c3ccccc3)cc2)c2ccc(-c3ccccc3)cc2)cc1. The van der Waals surface area contributed by atoms with E-state index in [1.54, 1.807) is 11.1 Å². The summed E-state index contributed by atoms with van der Waals surface area (Å²) in [6.45, 7) is 4.86. The van der Waals surface area contributed by atoms with Gasteiger partial charge in [0.15, 0.2) is 0 Å².